The smallest absolute Gasteiger partial charge is 0.416 e. The zero-order valence-corrected chi connectivity index (χ0v) is 15.6. The van der Waals surface area contributed by atoms with Gasteiger partial charge < -0.3 is 10.1 Å². The minimum Gasteiger partial charge on any atom is -0.426 e. The van der Waals surface area contributed by atoms with Gasteiger partial charge in [-0.25, -0.2) is 4.39 Å². The van der Waals surface area contributed by atoms with Crippen LogP contribution in [-0.4, -0.2) is 11.9 Å². The third-order valence-corrected chi connectivity index (χ3v) is 3.83. The van der Waals surface area contributed by atoms with E-state index in [1.54, 1.807) is 13.8 Å². The molecular formula is C19H16ClF4NO3. The number of ether oxygens (including phenoxy) is 1. The van der Waals surface area contributed by atoms with Gasteiger partial charge >= 0.3 is 12.1 Å². The van der Waals surface area contributed by atoms with Crippen molar-refractivity contribution >= 4 is 29.2 Å². The molecule has 0 saturated carbocycles. The van der Waals surface area contributed by atoms with E-state index in [9.17, 15) is 27.2 Å². The molecular weight excluding hydrogens is 402 g/mol. The summed E-state index contributed by atoms with van der Waals surface area (Å²) in [7, 11) is 0. The van der Waals surface area contributed by atoms with E-state index in [-0.39, 0.29) is 34.4 Å². The first kappa shape index (κ1) is 21.7. The van der Waals surface area contributed by atoms with Crippen LogP contribution in [0.25, 0.3) is 0 Å². The van der Waals surface area contributed by atoms with Crippen molar-refractivity contribution in [3.8, 4) is 5.75 Å². The van der Waals surface area contributed by atoms with E-state index in [1.807, 2.05) is 0 Å². The summed E-state index contributed by atoms with van der Waals surface area (Å²) in [6.07, 6.45) is -4.46. The van der Waals surface area contributed by atoms with Gasteiger partial charge in [-0.15, -0.1) is 0 Å². The molecule has 0 aromatic heterocycles. The summed E-state index contributed by atoms with van der Waals surface area (Å²) < 4.78 is 56.6. The minimum absolute atomic E-state index is 0.0194. The third-order valence-electron chi connectivity index (χ3n) is 3.54. The van der Waals surface area contributed by atoms with E-state index in [4.69, 9.17) is 16.3 Å². The molecule has 0 atom stereocenters. The van der Waals surface area contributed by atoms with Crippen LogP contribution in [0, 0.1) is 11.7 Å². The van der Waals surface area contributed by atoms with Crippen LogP contribution in [0.1, 0.15) is 36.2 Å². The van der Waals surface area contributed by atoms with Crippen LogP contribution in [0.2, 0.25) is 5.02 Å². The van der Waals surface area contributed by atoms with Gasteiger partial charge in [0.25, 0.3) is 5.91 Å². The molecule has 9 heteroatoms. The maximum absolute atomic E-state index is 13.8. The highest BCUT2D eigenvalue weighted by molar-refractivity contribution is 6.31. The van der Waals surface area contributed by atoms with Crippen LogP contribution in [0.15, 0.2) is 36.4 Å². The van der Waals surface area contributed by atoms with Gasteiger partial charge in [0.1, 0.15) is 11.6 Å². The summed E-state index contributed by atoms with van der Waals surface area (Å²) in [5.74, 6) is -2.74. The fraction of sp³-hybridized carbons (Fsp3) is 0.263. The standard InChI is InChI=1S/C19H16ClF4NO3/c1-10(2)7-17(26)28-16-9-15(21)14(20)8-13(16)18(27)25-12-5-3-11(4-6-12)19(22,23)24/h3-6,8-10H,7H2,1-2H3,(H,25,27). The van der Waals surface area contributed by atoms with Gasteiger partial charge in [0.2, 0.25) is 0 Å². The lowest BCUT2D eigenvalue weighted by Gasteiger charge is -2.13. The van der Waals surface area contributed by atoms with Crippen LogP contribution in [-0.2, 0) is 11.0 Å². The average molecular weight is 418 g/mol. The number of rotatable bonds is 5. The fourth-order valence-electron chi connectivity index (χ4n) is 2.23. The lowest BCUT2D eigenvalue weighted by atomic mass is 10.1. The van der Waals surface area contributed by atoms with Crippen molar-refractivity contribution in [3.63, 3.8) is 0 Å². The molecule has 150 valence electrons. The molecule has 0 heterocycles. The van der Waals surface area contributed by atoms with Gasteiger partial charge in [-0.2, -0.15) is 13.2 Å². The lowest BCUT2D eigenvalue weighted by Crippen LogP contribution is -2.17. The van der Waals surface area contributed by atoms with E-state index in [1.165, 1.54) is 0 Å². The molecule has 0 radical (unpaired) electrons. The molecule has 2 aromatic carbocycles. The number of esters is 1. The summed E-state index contributed by atoms with van der Waals surface area (Å²) >= 11 is 5.70. The monoisotopic (exact) mass is 417 g/mol. The zero-order chi connectivity index (χ0) is 21.1. The van der Waals surface area contributed by atoms with Crippen LogP contribution >= 0.6 is 11.6 Å². The maximum atomic E-state index is 13.8. The van der Waals surface area contributed by atoms with Crippen molar-refractivity contribution in [3.05, 3.63) is 58.4 Å². The first-order valence-corrected chi connectivity index (χ1v) is 8.53. The van der Waals surface area contributed by atoms with E-state index < -0.39 is 29.4 Å². The van der Waals surface area contributed by atoms with E-state index in [2.05, 4.69) is 5.32 Å². The zero-order valence-electron chi connectivity index (χ0n) is 14.9. The Hall–Kier alpha value is -2.61. The molecule has 1 amide bonds. The quantitative estimate of drug-likeness (QED) is 0.385. The van der Waals surface area contributed by atoms with Crippen molar-refractivity contribution in [2.75, 3.05) is 5.32 Å². The van der Waals surface area contributed by atoms with Crippen molar-refractivity contribution in [2.24, 2.45) is 5.92 Å². The topological polar surface area (TPSA) is 55.4 Å². The van der Waals surface area contributed by atoms with Crippen LogP contribution in [0.4, 0.5) is 23.2 Å². The first-order valence-electron chi connectivity index (χ1n) is 8.15. The number of halogens is 5. The Morgan fingerprint density at radius 2 is 1.75 bits per heavy atom. The molecule has 2 aromatic rings. The molecule has 0 aliphatic heterocycles. The highest BCUT2D eigenvalue weighted by Gasteiger charge is 2.30. The van der Waals surface area contributed by atoms with Crippen molar-refractivity contribution < 1.29 is 31.9 Å². The number of hydrogen-bond donors (Lipinski definition) is 1. The molecule has 0 saturated heterocycles. The second kappa shape index (κ2) is 8.60. The number of amides is 1. The Labute approximate surface area is 163 Å². The molecule has 28 heavy (non-hydrogen) atoms. The predicted molar refractivity (Wildman–Crippen MR) is 95.9 cm³/mol. The molecule has 4 nitrogen and oxygen atoms in total. The first-order chi connectivity index (χ1) is 13.0. The summed E-state index contributed by atoms with van der Waals surface area (Å²) in [6, 6.07) is 5.52. The second-order valence-corrected chi connectivity index (χ2v) is 6.77. The highest BCUT2D eigenvalue weighted by atomic mass is 35.5. The van der Waals surface area contributed by atoms with E-state index >= 15 is 0 Å². The van der Waals surface area contributed by atoms with Crippen molar-refractivity contribution in [2.45, 2.75) is 26.4 Å². The van der Waals surface area contributed by atoms with Crippen LogP contribution in [0.5, 0.6) is 5.75 Å². The number of carbonyl (C=O) groups excluding carboxylic acids is 2. The number of hydrogen-bond acceptors (Lipinski definition) is 3. The van der Waals surface area contributed by atoms with Gasteiger partial charge in [0.05, 0.1) is 16.1 Å². The molecule has 0 aliphatic rings. The highest BCUT2D eigenvalue weighted by Crippen LogP contribution is 2.31. The summed E-state index contributed by atoms with van der Waals surface area (Å²) in [5.41, 5.74) is -1.04. The van der Waals surface area contributed by atoms with Gasteiger partial charge in [-0.1, -0.05) is 25.4 Å². The minimum atomic E-state index is -4.51. The van der Waals surface area contributed by atoms with E-state index in [0.29, 0.717) is 0 Å². The molecule has 1 N–H and O–H groups in total. The molecule has 0 bridgehead atoms. The lowest BCUT2D eigenvalue weighted by molar-refractivity contribution is -0.137. The predicted octanol–water partition coefficient (Wildman–Crippen LogP) is 5.70. The largest absolute Gasteiger partial charge is 0.426 e. The molecule has 0 unspecified atom stereocenters. The van der Waals surface area contributed by atoms with Gasteiger partial charge in [0, 0.05) is 18.2 Å². The number of carbonyl (C=O) groups is 2. The molecule has 0 spiro atoms. The molecule has 0 aliphatic carbocycles. The van der Waals surface area contributed by atoms with Crippen molar-refractivity contribution in [1.82, 2.24) is 0 Å². The van der Waals surface area contributed by atoms with Crippen LogP contribution in [0.3, 0.4) is 0 Å². The summed E-state index contributed by atoms with van der Waals surface area (Å²) in [4.78, 5) is 24.3. The second-order valence-electron chi connectivity index (χ2n) is 6.36. The SMILES string of the molecule is CC(C)CC(=O)Oc1cc(F)c(Cl)cc1C(=O)Nc1ccc(C(F)(F)F)cc1. The number of alkyl halides is 3. The van der Waals surface area contributed by atoms with Crippen LogP contribution < -0.4 is 10.1 Å². The maximum Gasteiger partial charge on any atom is 0.416 e. The summed E-state index contributed by atoms with van der Waals surface area (Å²) in [6.45, 7) is 3.56. The number of benzene rings is 2. The Morgan fingerprint density at radius 3 is 2.29 bits per heavy atom. The van der Waals surface area contributed by atoms with Crippen molar-refractivity contribution in [1.29, 1.82) is 0 Å². The fourth-order valence-corrected chi connectivity index (χ4v) is 2.39. The third kappa shape index (κ3) is 5.69. The van der Waals surface area contributed by atoms with Gasteiger partial charge in [-0.3, -0.25) is 9.59 Å². The molecule has 0 fully saturated rings. The van der Waals surface area contributed by atoms with E-state index in [0.717, 1.165) is 36.4 Å². The average Bonchev–Trinajstić information content (AvgIpc) is 2.56. The number of anilines is 1. The molecule has 2 rings (SSSR count). The normalized spacial score (nSPS) is 11.4. The Kier molecular flexibility index (Phi) is 6.66. The Bertz CT molecular complexity index is 880. The number of nitrogens with one attached hydrogen (secondary N) is 1. The summed E-state index contributed by atoms with van der Waals surface area (Å²) in [5, 5.41) is 1.99. The van der Waals surface area contributed by atoms with Gasteiger partial charge in [-0.05, 0) is 36.2 Å². The van der Waals surface area contributed by atoms with Gasteiger partial charge in [0.15, 0.2) is 0 Å². The Balaban J connectivity index is 2.26. The Morgan fingerprint density at radius 1 is 1.14 bits per heavy atom.